The van der Waals surface area contributed by atoms with Crippen molar-refractivity contribution in [2.45, 2.75) is 26.9 Å². The minimum absolute atomic E-state index is 0.0130. The van der Waals surface area contributed by atoms with Gasteiger partial charge in [0.2, 0.25) is 0 Å². The average Bonchev–Trinajstić information content (AvgIpc) is 1.86. The summed E-state index contributed by atoms with van der Waals surface area (Å²) >= 11 is 0. The summed E-state index contributed by atoms with van der Waals surface area (Å²) in [6, 6.07) is 0. The predicted molar refractivity (Wildman–Crippen MR) is 42.3 cm³/mol. The van der Waals surface area contributed by atoms with Gasteiger partial charge in [0.25, 0.3) is 0 Å². The lowest BCUT2D eigenvalue weighted by Crippen LogP contribution is -2.22. The number of ether oxygens (including phenoxy) is 1. The van der Waals surface area contributed by atoms with E-state index in [1.54, 1.807) is 0 Å². The number of hydrogen-bond acceptors (Lipinski definition) is 3. The molecule has 0 fully saturated rings. The summed E-state index contributed by atoms with van der Waals surface area (Å²) in [5.41, 5.74) is 0. The Labute approximate surface area is 67.4 Å². The molecule has 1 N–H and O–H groups in total. The van der Waals surface area contributed by atoms with E-state index in [0.29, 0.717) is 0 Å². The van der Waals surface area contributed by atoms with Crippen molar-refractivity contribution in [2.75, 3.05) is 13.2 Å². The van der Waals surface area contributed by atoms with Gasteiger partial charge in [0, 0.05) is 0 Å². The first kappa shape index (κ1) is 10.6. The van der Waals surface area contributed by atoms with Crippen molar-refractivity contribution in [1.82, 2.24) is 0 Å². The van der Waals surface area contributed by atoms with Crippen molar-refractivity contribution >= 4 is 5.78 Å². The molecule has 0 bridgehead atoms. The van der Waals surface area contributed by atoms with Crippen molar-refractivity contribution in [3.8, 4) is 0 Å². The van der Waals surface area contributed by atoms with Crippen LogP contribution in [0.15, 0.2) is 0 Å². The molecule has 3 nitrogen and oxygen atoms in total. The van der Waals surface area contributed by atoms with E-state index < -0.39 is 6.10 Å². The third-order valence-corrected chi connectivity index (χ3v) is 1.36. The summed E-state index contributed by atoms with van der Waals surface area (Å²) in [5.74, 6) is 0.169. The Bertz CT molecular complexity index is 121. The van der Waals surface area contributed by atoms with Crippen LogP contribution in [0, 0.1) is 5.92 Å². The SMILES string of the molecule is CC(=O)COC[C@@H](O)C(C)C. The van der Waals surface area contributed by atoms with Gasteiger partial charge in [-0.3, -0.25) is 4.79 Å². The molecule has 0 aliphatic carbocycles. The molecule has 66 valence electrons. The van der Waals surface area contributed by atoms with Gasteiger partial charge in [-0.25, -0.2) is 0 Å². The molecule has 0 aliphatic heterocycles. The highest BCUT2D eigenvalue weighted by Crippen LogP contribution is 2.00. The van der Waals surface area contributed by atoms with Gasteiger partial charge in [0.1, 0.15) is 6.61 Å². The Kier molecular flexibility index (Phi) is 5.07. The van der Waals surface area contributed by atoms with Crippen LogP contribution < -0.4 is 0 Å². The molecule has 0 spiro atoms. The Morgan fingerprint density at radius 3 is 2.45 bits per heavy atom. The number of carbonyl (C=O) groups is 1. The molecular formula is C8H16O3. The number of rotatable bonds is 5. The summed E-state index contributed by atoms with van der Waals surface area (Å²) in [6.45, 7) is 5.62. The van der Waals surface area contributed by atoms with Crippen LogP contribution in [0.4, 0.5) is 0 Å². The van der Waals surface area contributed by atoms with Crippen molar-refractivity contribution in [2.24, 2.45) is 5.92 Å². The normalized spacial score (nSPS) is 13.5. The molecule has 0 aromatic rings. The Balaban J connectivity index is 3.31. The molecule has 1 atom stereocenters. The van der Waals surface area contributed by atoms with Crippen LogP contribution in [0.25, 0.3) is 0 Å². The van der Waals surface area contributed by atoms with Crippen molar-refractivity contribution in [3.63, 3.8) is 0 Å². The van der Waals surface area contributed by atoms with E-state index in [4.69, 9.17) is 4.74 Å². The first-order chi connectivity index (χ1) is 5.04. The lowest BCUT2D eigenvalue weighted by atomic mass is 10.1. The van der Waals surface area contributed by atoms with Crippen LogP contribution in [-0.2, 0) is 9.53 Å². The second-order valence-corrected chi connectivity index (χ2v) is 3.03. The molecule has 0 heterocycles. The van der Waals surface area contributed by atoms with Gasteiger partial charge in [-0.2, -0.15) is 0 Å². The molecule has 0 saturated carbocycles. The molecule has 0 amide bonds. The van der Waals surface area contributed by atoms with Gasteiger partial charge in [-0.1, -0.05) is 13.8 Å². The third-order valence-electron chi connectivity index (χ3n) is 1.36. The Morgan fingerprint density at radius 1 is 1.55 bits per heavy atom. The zero-order chi connectivity index (χ0) is 8.85. The van der Waals surface area contributed by atoms with Crippen LogP contribution in [0.5, 0.6) is 0 Å². The summed E-state index contributed by atoms with van der Waals surface area (Å²) in [6.07, 6.45) is -0.464. The first-order valence-electron chi connectivity index (χ1n) is 3.79. The molecule has 11 heavy (non-hydrogen) atoms. The predicted octanol–water partition coefficient (Wildman–Crippen LogP) is 0.609. The maximum Gasteiger partial charge on any atom is 0.155 e. The molecular weight excluding hydrogens is 144 g/mol. The largest absolute Gasteiger partial charge is 0.390 e. The van der Waals surface area contributed by atoms with E-state index in [2.05, 4.69) is 0 Å². The molecule has 0 rings (SSSR count). The highest BCUT2D eigenvalue weighted by molar-refractivity contribution is 5.76. The minimum Gasteiger partial charge on any atom is -0.390 e. The smallest absolute Gasteiger partial charge is 0.155 e. The summed E-state index contributed by atoms with van der Waals surface area (Å²) < 4.78 is 4.92. The van der Waals surface area contributed by atoms with Crippen molar-refractivity contribution in [1.29, 1.82) is 0 Å². The highest BCUT2D eigenvalue weighted by atomic mass is 16.5. The van der Waals surface area contributed by atoms with Gasteiger partial charge >= 0.3 is 0 Å². The zero-order valence-electron chi connectivity index (χ0n) is 7.33. The highest BCUT2D eigenvalue weighted by Gasteiger charge is 2.08. The van der Waals surface area contributed by atoms with Crippen LogP contribution in [0.1, 0.15) is 20.8 Å². The van der Waals surface area contributed by atoms with Crippen LogP contribution in [-0.4, -0.2) is 30.2 Å². The number of ketones is 1. The topological polar surface area (TPSA) is 46.5 Å². The molecule has 0 saturated heterocycles. The molecule has 0 aliphatic rings. The minimum atomic E-state index is -0.464. The van der Waals surface area contributed by atoms with Crippen molar-refractivity contribution in [3.05, 3.63) is 0 Å². The van der Waals surface area contributed by atoms with Gasteiger partial charge in [-0.15, -0.1) is 0 Å². The molecule has 0 aromatic carbocycles. The quantitative estimate of drug-likeness (QED) is 0.641. The summed E-state index contributed by atoms with van der Waals surface area (Å²) in [5, 5.41) is 9.20. The molecule has 3 heteroatoms. The molecule has 0 radical (unpaired) electrons. The average molecular weight is 160 g/mol. The van der Waals surface area contributed by atoms with E-state index >= 15 is 0 Å². The fourth-order valence-electron chi connectivity index (χ4n) is 0.516. The molecule has 0 unspecified atom stereocenters. The number of aliphatic hydroxyl groups is 1. The second-order valence-electron chi connectivity index (χ2n) is 3.03. The number of Topliss-reactive ketones (excluding diaryl/α,β-unsaturated/α-hetero) is 1. The Morgan fingerprint density at radius 2 is 2.09 bits per heavy atom. The standard InChI is InChI=1S/C8H16O3/c1-6(2)8(10)5-11-4-7(3)9/h6,8,10H,4-5H2,1-3H3/t8-/m1/s1. The zero-order valence-corrected chi connectivity index (χ0v) is 7.33. The maximum atomic E-state index is 10.4. The monoisotopic (exact) mass is 160 g/mol. The number of hydrogen-bond donors (Lipinski definition) is 1. The first-order valence-corrected chi connectivity index (χ1v) is 3.79. The number of carbonyl (C=O) groups excluding carboxylic acids is 1. The van der Waals surface area contributed by atoms with E-state index in [0.717, 1.165) is 0 Å². The number of aliphatic hydroxyl groups excluding tert-OH is 1. The molecule has 0 aromatic heterocycles. The van der Waals surface area contributed by atoms with Crippen LogP contribution in [0.3, 0.4) is 0 Å². The van der Waals surface area contributed by atoms with Gasteiger partial charge < -0.3 is 9.84 Å². The van der Waals surface area contributed by atoms with Gasteiger partial charge in [0.05, 0.1) is 12.7 Å². The fraction of sp³-hybridized carbons (Fsp3) is 0.875. The van der Waals surface area contributed by atoms with Crippen LogP contribution >= 0.6 is 0 Å². The maximum absolute atomic E-state index is 10.4. The Hall–Kier alpha value is -0.410. The van der Waals surface area contributed by atoms with E-state index in [9.17, 15) is 9.90 Å². The summed E-state index contributed by atoms with van der Waals surface area (Å²) in [7, 11) is 0. The lowest BCUT2D eigenvalue weighted by molar-refractivity contribution is -0.122. The van der Waals surface area contributed by atoms with E-state index in [-0.39, 0.29) is 24.9 Å². The van der Waals surface area contributed by atoms with Gasteiger partial charge in [-0.05, 0) is 12.8 Å². The van der Waals surface area contributed by atoms with Crippen LogP contribution in [0.2, 0.25) is 0 Å². The lowest BCUT2D eigenvalue weighted by Gasteiger charge is -2.13. The third kappa shape index (κ3) is 6.01. The van der Waals surface area contributed by atoms with E-state index in [1.165, 1.54) is 6.92 Å². The second kappa shape index (κ2) is 5.27. The summed E-state index contributed by atoms with van der Waals surface area (Å²) in [4.78, 5) is 10.4. The van der Waals surface area contributed by atoms with Crippen molar-refractivity contribution < 1.29 is 14.6 Å². The van der Waals surface area contributed by atoms with Gasteiger partial charge in [0.15, 0.2) is 5.78 Å². The fourth-order valence-corrected chi connectivity index (χ4v) is 0.516. The van der Waals surface area contributed by atoms with E-state index in [1.807, 2.05) is 13.8 Å².